The highest BCUT2D eigenvalue weighted by Crippen LogP contribution is 2.21. The molecule has 1 amide bonds. The van der Waals surface area contributed by atoms with E-state index in [2.05, 4.69) is 10.3 Å². The smallest absolute Gasteiger partial charge is 0.254 e. The monoisotopic (exact) mass is 377 g/mol. The third-order valence-electron chi connectivity index (χ3n) is 4.46. The van der Waals surface area contributed by atoms with Gasteiger partial charge in [-0.2, -0.15) is 0 Å². The Kier molecular flexibility index (Phi) is 5.89. The highest BCUT2D eigenvalue weighted by Gasteiger charge is 2.14. The van der Waals surface area contributed by atoms with Crippen LogP contribution in [0.2, 0.25) is 0 Å². The molecular formula is C22H23N3O3. The number of benzene rings is 2. The second-order valence-electron chi connectivity index (χ2n) is 6.43. The Morgan fingerprint density at radius 1 is 1.14 bits per heavy atom. The average Bonchev–Trinajstić information content (AvgIpc) is 2.70. The number of ether oxygens (including phenoxy) is 1. The number of rotatable bonds is 6. The fourth-order valence-corrected chi connectivity index (χ4v) is 3.02. The van der Waals surface area contributed by atoms with E-state index in [9.17, 15) is 9.59 Å². The third kappa shape index (κ3) is 4.28. The first-order valence-corrected chi connectivity index (χ1v) is 9.12. The molecule has 0 saturated carbocycles. The maximum Gasteiger partial charge on any atom is 0.254 e. The van der Waals surface area contributed by atoms with Gasteiger partial charge in [-0.25, -0.2) is 4.98 Å². The summed E-state index contributed by atoms with van der Waals surface area (Å²) in [6.07, 6.45) is 0.805. The molecule has 3 rings (SSSR count). The Morgan fingerprint density at radius 2 is 1.86 bits per heavy atom. The molecule has 0 spiro atoms. The van der Waals surface area contributed by atoms with Gasteiger partial charge in [0, 0.05) is 23.0 Å². The highest BCUT2D eigenvalue weighted by atomic mass is 16.5. The second kappa shape index (κ2) is 8.52. The fourth-order valence-electron chi connectivity index (χ4n) is 3.02. The van der Waals surface area contributed by atoms with Gasteiger partial charge in [-0.15, -0.1) is 0 Å². The summed E-state index contributed by atoms with van der Waals surface area (Å²) in [4.78, 5) is 29.7. The SMILES string of the molecule is CCc1ccccc1NC(=O)Cn1c(-c2ccc(OC)cc2)nc(C)cc1=O. The van der Waals surface area contributed by atoms with E-state index in [-0.39, 0.29) is 18.0 Å². The molecule has 1 heterocycles. The largest absolute Gasteiger partial charge is 0.497 e. The van der Waals surface area contributed by atoms with Gasteiger partial charge >= 0.3 is 0 Å². The van der Waals surface area contributed by atoms with Gasteiger partial charge in [-0.1, -0.05) is 25.1 Å². The maximum atomic E-state index is 12.7. The van der Waals surface area contributed by atoms with Gasteiger partial charge in [-0.05, 0) is 49.2 Å². The molecule has 144 valence electrons. The minimum atomic E-state index is -0.275. The van der Waals surface area contributed by atoms with E-state index in [0.29, 0.717) is 17.3 Å². The molecule has 2 aromatic carbocycles. The van der Waals surface area contributed by atoms with Crippen molar-refractivity contribution < 1.29 is 9.53 Å². The molecule has 1 aromatic heterocycles. The van der Waals surface area contributed by atoms with Gasteiger partial charge < -0.3 is 10.1 Å². The van der Waals surface area contributed by atoms with E-state index in [1.165, 1.54) is 10.6 Å². The Balaban J connectivity index is 1.92. The molecule has 6 nitrogen and oxygen atoms in total. The standard InChI is InChI=1S/C22H23N3O3/c1-4-16-7-5-6-8-19(16)24-20(26)14-25-21(27)13-15(2)23-22(25)17-9-11-18(28-3)12-10-17/h5-13H,4,14H2,1-3H3,(H,24,26). The van der Waals surface area contributed by atoms with Crippen molar-refractivity contribution in [3.05, 3.63) is 76.2 Å². The minimum absolute atomic E-state index is 0.120. The van der Waals surface area contributed by atoms with Crippen molar-refractivity contribution in [2.75, 3.05) is 12.4 Å². The number of hydrogen-bond donors (Lipinski definition) is 1. The number of hydrogen-bond acceptors (Lipinski definition) is 4. The summed E-state index contributed by atoms with van der Waals surface area (Å²) in [6, 6.07) is 16.3. The molecule has 3 aromatic rings. The van der Waals surface area contributed by atoms with Crippen molar-refractivity contribution in [2.45, 2.75) is 26.8 Å². The van der Waals surface area contributed by atoms with Gasteiger partial charge in [0.2, 0.25) is 5.91 Å². The number of methoxy groups -OCH3 is 1. The summed E-state index contributed by atoms with van der Waals surface area (Å²) in [5.41, 5.74) is 2.87. The first-order valence-electron chi connectivity index (χ1n) is 9.12. The number of carbonyl (C=O) groups is 1. The van der Waals surface area contributed by atoms with E-state index < -0.39 is 0 Å². The van der Waals surface area contributed by atoms with E-state index in [4.69, 9.17) is 4.74 Å². The lowest BCUT2D eigenvalue weighted by Gasteiger charge is -2.14. The predicted molar refractivity (Wildman–Crippen MR) is 110 cm³/mol. The summed E-state index contributed by atoms with van der Waals surface area (Å²) >= 11 is 0. The highest BCUT2D eigenvalue weighted by molar-refractivity contribution is 5.91. The topological polar surface area (TPSA) is 73.2 Å². The van der Waals surface area contributed by atoms with E-state index in [0.717, 1.165) is 23.2 Å². The maximum absolute atomic E-state index is 12.7. The molecule has 0 bridgehead atoms. The zero-order chi connectivity index (χ0) is 20.1. The number of nitrogens with one attached hydrogen (secondary N) is 1. The number of aromatic nitrogens is 2. The van der Waals surface area contributed by atoms with Crippen LogP contribution in [0, 0.1) is 6.92 Å². The van der Waals surface area contributed by atoms with Crippen LogP contribution in [0.4, 0.5) is 5.69 Å². The van der Waals surface area contributed by atoms with Crippen molar-refractivity contribution in [1.82, 2.24) is 9.55 Å². The average molecular weight is 377 g/mol. The lowest BCUT2D eigenvalue weighted by molar-refractivity contribution is -0.116. The Labute approximate surface area is 163 Å². The van der Waals surface area contributed by atoms with Crippen LogP contribution in [0.1, 0.15) is 18.2 Å². The van der Waals surface area contributed by atoms with Crippen molar-refractivity contribution in [3.8, 4) is 17.1 Å². The first kappa shape index (κ1) is 19.4. The van der Waals surface area contributed by atoms with E-state index >= 15 is 0 Å². The number of amides is 1. The number of anilines is 1. The van der Waals surface area contributed by atoms with Crippen LogP contribution >= 0.6 is 0 Å². The Bertz CT molecular complexity index is 1040. The van der Waals surface area contributed by atoms with Gasteiger partial charge in [0.15, 0.2) is 0 Å². The number of para-hydroxylation sites is 1. The molecule has 28 heavy (non-hydrogen) atoms. The lowest BCUT2D eigenvalue weighted by atomic mass is 10.1. The second-order valence-corrected chi connectivity index (χ2v) is 6.43. The first-order chi connectivity index (χ1) is 13.5. The van der Waals surface area contributed by atoms with Crippen LogP contribution in [0.3, 0.4) is 0 Å². The normalized spacial score (nSPS) is 10.5. The third-order valence-corrected chi connectivity index (χ3v) is 4.46. The fraction of sp³-hybridized carbons (Fsp3) is 0.227. The summed E-state index contributed by atoms with van der Waals surface area (Å²) in [7, 11) is 1.59. The molecular weight excluding hydrogens is 354 g/mol. The van der Waals surface area contributed by atoms with Gasteiger partial charge in [-0.3, -0.25) is 14.2 Å². The van der Waals surface area contributed by atoms with Crippen LogP contribution in [-0.4, -0.2) is 22.6 Å². The van der Waals surface area contributed by atoms with E-state index in [1.54, 1.807) is 26.2 Å². The molecule has 0 atom stereocenters. The minimum Gasteiger partial charge on any atom is -0.497 e. The molecule has 0 aliphatic carbocycles. The van der Waals surface area contributed by atoms with Crippen molar-refractivity contribution in [1.29, 1.82) is 0 Å². The predicted octanol–water partition coefficient (Wildman–Crippen LogP) is 3.43. The molecule has 6 heteroatoms. The quantitative estimate of drug-likeness (QED) is 0.714. The summed E-state index contributed by atoms with van der Waals surface area (Å²) in [6.45, 7) is 3.67. The number of nitrogens with zero attached hydrogens (tertiary/aromatic N) is 2. The summed E-state index contributed by atoms with van der Waals surface area (Å²) < 4.78 is 6.57. The Hall–Kier alpha value is -3.41. The zero-order valence-electron chi connectivity index (χ0n) is 16.2. The van der Waals surface area contributed by atoms with Crippen LogP contribution in [-0.2, 0) is 17.8 Å². The molecule has 0 unspecified atom stereocenters. The molecule has 0 saturated heterocycles. The number of aryl methyl sites for hydroxylation is 2. The van der Waals surface area contributed by atoms with Crippen LogP contribution < -0.4 is 15.6 Å². The van der Waals surface area contributed by atoms with Crippen LogP contribution in [0.15, 0.2) is 59.4 Å². The van der Waals surface area contributed by atoms with Crippen molar-refractivity contribution in [3.63, 3.8) is 0 Å². The molecule has 0 aliphatic rings. The van der Waals surface area contributed by atoms with E-state index in [1.807, 2.05) is 43.3 Å². The molecule has 0 radical (unpaired) electrons. The lowest BCUT2D eigenvalue weighted by Crippen LogP contribution is -2.29. The van der Waals surface area contributed by atoms with Gasteiger partial charge in [0.05, 0.1) is 7.11 Å². The summed E-state index contributed by atoms with van der Waals surface area (Å²) in [5.74, 6) is 0.884. The molecule has 0 aliphatic heterocycles. The van der Waals surface area contributed by atoms with Crippen molar-refractivity contribution in [2.24, 2.45) is 0 Å². The molecule has 0 fully saturated rings. The van der Waals surface area contributed by atoms with Crippen LogP contribution in [0.5, 0.6) is 5.75 Å². The van der Waals surface area contributed by atoms with Crippen molar-refractivity contribution >= 4 is 11.6 Å². The van der Waals surface area contributed by atoms with Gasteiger partial charge in [0.1, 0.15) is 18.1 Å². The zero-order valence-corrected chi connectivity index (χ0v) is 16.2. The Morgan fingerprint density at radius 3 is 2.54 bits per heavy atom. The number of carbonyl (C=O) groups excluding carboxylic acids is 1. The van der Waals surface area contributed by atoms with Gasteiger partial charge in [0.25, 0.3) is 5.56 Å². The summed E-state index contributed by atoms with van der Waals surface area (Å²) in [5, 5.41) is 2.90. The molecule has 1 N–H and O–H groups in total. The van der Waals surface area contributed by atoms with Crippen LogP contribution in [0.25, 0.3) is 11.4 Å².